The molecule has 0 aromatic heterocycles. The largest absolute Gasteiger partial charge is 0.466 e. The summed E-state index contributed by atoms with van der Waals surface area (Å²) in [5.74, 6) is 0.586. The number of hydrogen-bond donors (Lipinski definition) is 1. The monoisotopic (exact) mass is 379 g/mol. The van der Waals surface area contributed by atoms with Crippen molar-refractivity contribution in [3.8, 4) is 12.3 Å². The smallest absolute Gasteiger partial charge is 0.336 e. The number of halogens is 1. The maximum Gasteiger partial charge on any atom is 0.336 e. The van der Waals surface area contributed by atoms with Gasteiger partial charge in [-0.3, -0.25) is 9.69 Å². The second-order valence-electron chi connectivity index (χ2n) is 4.77. The van der Waals surface area contributed by atoms with E-state index in [0.29, 0.717) is 10.2 Å². The summed E-state index contributed by atoms with van der Waals surface area (Å²) < 4.78 is 10.3. The van der Waals surface area contributed by atoms with Gasteiger partial charge in [0.05, 0.1) is 18.4 Å². The van der Waals surface area contributed by atoms with Crippen molar-refractivity contribution in [2.75, 3.05) is 19.1 Å². The fraction of sp³-hybridized carbons (Fsp3) is 0.250. The first-order valence-corrected chi connectivity index (χ1v) is 7.24. The summed E-state index contributed by atoms with van der Waals surface area (Å²) >= 11 is 3.27. The van der Waals surface area contributed by atoms with Gasteiger partial charge in [-0.1, -0.05) is 28.4 Å². The first-order chi connectivity index (χ1) is 10.8. The third kappa shape index (κ3) is 2.45. The van der Waals surface area contributed by atoms with Gasteiger partial charge in [-0.2, -0.15) is 0 Å². The van der Waals surface area contributed by atoms with Crippen LogP contribution in [-0.2, 0) is 24.7 Å². The number of nitrogens with zero attached hydrogens (tertiary/aromatic N) is 1. The van der Waals surface area contributed by atoms with E-state index in [9.17, 15) is 14.7 Å². The standard InChI is InChI=1S/C16H14BrNO5/c1-5-13(22-3)18-12-7-6-10(17)8-11(12)16(21,15(18)20)9(2)14(19)23-4/h1,6-8,13,21H,2H2,3-4H3. The number of aliphatic hydroxyl groups is 1. The van der Waals surface area contributed by atoms with Crippen LogP contribution in [0.15, 0.2) is 34.8 Å². The number of fused-ring (bicyclic) bond motifs is 1. The van der Waals surface area contributed by atoms with Crippen molar-refractivity contribution in [2.45, 2.75) is 11.8 Å². The van der Waals surface area contributed by atoms with E-state index < -0.39 is 29.3 Å². The fourth-order valence-electron chi connectivity index (χ4n) is 2.45. The molecule has 1 aromatic rings. The molecule has 0 saturated heterocycles. The zero-order chi connectivity index (χ0) is 17.4. The molecule has 0 aliphatic carbocycles. The van der Waals surface area contributed by atoms with Crippen LogP contribution in [0.1, 0.15) is 5.56 Å². The Morgan fingerprint density at radius 1 is 1.52 bits per heavy atom. The molecule has 2 unspecified atom stereocenters. The minimum atomic E-state index is -2.28. The molecule has 0 bridgehead atoms. The highest BCUT2D eigenvalue weighted by atomic mass is 79.9. The molecule has 23 heavy (non-hydrogen) atoms. The lowest BCUT2D eigenvalue weighted by Gasteiger charge is -2.26. The third-order valence-electron chi connectivity index (χ3n) is 3.61. The fourth-order valence-corrected chi connectivity index (χ4v) is 2.81. The van der Waals surface area contributed by atoms with Crippen molar-refractivity contribution in [2.24, 2.45) is 0 Å². The van der Waals surface area contributed by atoms with Crippen LogP contribution < -0.4 is 4.90 Å². The van der Waals surface area contributed by atoms with Crippen molar-refractivity contribution in [1.82, 2.24) is 0 Å². The van der Waals surface area contributed by atoms with Crippen LogP contribution in [0.3, 0.4) is 0 Å². The zero-order valence-electron chi connectivity index (χ0n) is 12.5. The van der Waals surface area contributed by atoms with Crippen LogP contribution in [0.2, 0.25) is 0 Å². The maximum absolute atomic E-state index is 12.8. The van der Waals surface area contributed by atoms with E-state index in [1.165, 1.54) is 13.2 Å². The highest BCUT2D eigenvalue weighted by molar-refractivity contribution is 9.10. The molecule has 1 amide bonds. The van der Waals surface area contributed by atoms with E-state index in [4.69, 9.17) is 11.2 Å². The number of carbonyl (C=O) groups is 2. The minimum absolute atomic E-state index is 0.171. The molecule has 6 nitrogen and oxygen atoms in total. The van der Waals surface area contributed by atoms with E-state index >= 15 is 0 Å². The summed E-state index contributed by atoms with van der Waals surface area (Å²) in [6.07, 6.45) is 4.35. The van der Waals surface area contributed by atoms with Gasteiger partial charge in [0.25, 0.3) is 5.91 Å². The molecule has 120 valence electrons. The zero-order valence-corrected chi connectivity index (χ0v) is 14.1. The number of anilines is 1. The van der Waals surface area contributed by atoms with Crippen LogP contribution in [-0.4, -0.2) is 37.4 Å². The van der Waals surface area contributed by atoms with Gasteiger partial charge in [0.2, 0.25) is 5.60 Å². The maximum atomic E-state index is 12.8. The Balaban J connectivity index is 2.70. The molecule has 0 saturated carbocycles. The summed E-state index contributed by atoms with van der Waals surface area (Å²) in [6.45, 7) is 3.52. The lowest BCUT2D eigenvalue weighted by Crippen LogP contribution is -2.47. The number of benzene rings is 1. The topological polar surface area (TPSA) is 76.1 Å². The molecular weight excluding hydrogens is 366 g/mol. The van der Waals surface area contributed by atoms with Crippen LogP contribution in [0, 0.1) is 12.3 Å². The second kappa shape index (κ2) is 6.16. The Hall–Kier alpha value is -2.14. The van der Waals surface area contributed by atoms with Gasteiger partial charge >= 0.3 is 5.97 Å². The summed E-state index contributed by atoms with van der Waals surface area (Å²) in [6, 6.07) is 4.78. The van der Waals surface area contributed by atoms with Gasteiger partial charge in [0.15, 0.2) is 6.23 Å². The third-order valence-corrected chi connectivity index (χ3v) is 4.10. The number of rotatable bonds is 4. The van der Waals surface area contributed by atoms with Crippen molar-refractivity contribution in [1.29, 1.82) is 0 Å². The van der Waals surface area contributed by atoms with E-state index in [2.05, 4.69) is 33.2 Å². The normalized spacial score (nSPS) is 20.7. The summed E-state index contributed by atoms with van der Waals surface area (Å²) in [5.41, 5.74) is -2.18. The van der Waals surface area contributed by atoms with Gasteiger partial charge in [-0.15, -0.1) is 6.42 Å². The van der Waals surface area contributed by atoms with Crippen LogP contribution in [0.5, 0.6) is 0 Å². The lowest BCUT2D eigenvalue weighted by atomic mass is 9.88. The van der Waals surface area contributed by atoms with E-state index in [1.54, 1.807) is 12.1 Å². The first kappa shape index (κ1) is 17.2. The van der Waals surface area contributed by atoms with Gasteiger partial charge in [0, 0.05) is 17.1 Å². The van der Waals surface area contributed by atoms with Crippen molar-refractivity contribution in [3.63, 3.8) is 0 Å². The number of esters is 1. The van der Waals surface area contributed by atoms with E-state index in [0.717, 1.165) is 12.0 Å². The SMILES string of the molecule is C#CC(OC)N1C(=O)C(O)(C(=C)C(=O)OC)c2cc(Br)ccc21. The predicted octanol–water partition coefficient (Wildman–Crippen LogP) is 1.32. The molecular formula is C16H14BrNO5. The molecule has 1 N–H and O–H groups in total. The Bertz CT molecular complexity index is 738. The quantitative estimate of drug-likeness (QED) is 0.485. The Morgan fingerprint density at radius 3 is 2.70 bits per heavy atom. The predicted molar refractivity (Wildman–Crippen MR) is 86.3 cm³/mol. The number of terminal acetylenes is 1. The highest BCUT2D eigenvalue weighted by Gasteiger charge is 2.55. The number of ether oxygens (including phenoxy) is 2. The summed E-state index contributed by atoms with van der Waals surface area (Å²) in [7, 11) is 2.47. The number of carbonyl (C=O) groups excluding carboxylic acids is 2. The van der Waals surface area contributed by atoms with Gasteiger partial charge in [-0.05, 0) is 18.2 Å². The number of amides is 1. The van der Waals surface area contributed by atoms with E-state index in [-0.39, 0.29) is 5.56 Å². The molecule has 0 radical (unpaired) electrons. The summed E-state index contributed by atoms with van der Waals surface area (Å²) in [4.78, 5) is 25.8. The molecule has 0 spiro atoms. The number of methoxy groups -OCH3 is 2. The molecule has 1 aliphatic heterocycles. The lowest BCUT2D eigenvalue weighted by molar-refractivity contribution is -0.144. The van der Waals surface area contributed by atoms with E-state index in [1.807, 2.05) is 0 Å². The molecule has 1 aromatic carbocycles. The summed E-state index contributed by atoms with van der Waals surface area (Å²) in [5, 5.41) is 11.0. The molecule has 2 atom stereocenters. The number of hydrogen-bond acceptors (Lipinski definition) is 5. The molecule has 1 aliphatic rings. The highest BCUT2D eigenvalue weighted by Crippen LogP contribution is 2.46. The van der Waals surface area contributed by atoms with Gasteiger partial charge in [-0.25, -0.2) is 4.79 Å². The van der Waals surface area contributed by atoms with Gasteiger partial charge < -0.3 is 14.6 Å². The molecule has 0 fully saturated rings. The van der Waals surface area contributed by atoms with Crippen molar-refractivity contribution in [3.05, 3.63) is 40.4 Å². The van der Waals surface area contributed by atoms with Crippen molar-refractivity contribution >= 4 is 33.5 Å². The average molecular weight is 380 g/mol. The second-order valence-corrected chi connectivity index (χ2v) is 5.69. The van der Waals surface area contributed by atoms with Crippen LogP contribution in [0.4, 0.5) is 5.69 Å². The molecule has 2 rings (SSSR count). The minimum Gasteiger partial charge on any atom is -0.466 e. The van der Waals surface area contributed by atoms with Crippen molar-refractivity contribution < 1.29 is 24.2 Å². The molecule has 7 heteroatoms. The van der Waals surface area contributed by atoms with Gasteiger partial charge in [0.1, 0.15) is 0 Å². The van der Waals surface area contributed by atoms with Crippen LogP contribution in [0.25, 0.3) is 0 Å². The average Bonchev–Trinajstić information content (AvgIpc) is 2.77. The Morgan fingerprint density at radius 2 is 2.17 bits per heavy atom. The Labute approximate surface area is 141 Å². The molecule has 1 heterocycles. The first-order valence-electron chi connectivity index (χ1n) is 6.45. The van der Waals surface area contributed by atoms with Crippen LogP contribution >= 0.6 is 15.9 Å². The Kier molecular flexibility index (Phi) is 4.61.